The predicted octanol–water partition coefficient (Wildman–Crippen LogP) is 5.06. The van der Waals surface area contributed by atoms with Crippen LogP contribution in [0, 0.1) is 6.92 Å². The zero-order valence-corrected chi connectivity index (χ0v) is 17.3. The zero-order chi connectivity index (χ0) is 19.1. The molecule has 26 heavy (non-hydrogen) atoms. The maximum atomic E-state index is 13.1. The molecule has 0 bridgehead atoms. The first-order valence-corrected chi connectivity index (χ1v) is 10.8. The number of halogens is 1. The Morgan fingerprint density at radius 1 is 1.23 bits per heavy atom. The topological polar surface area (TPSA) is 64.0 Å². The van der Waals surface area contributed by atoms with Crippen molar-refractivity contribution in [3.8, 4) is 0 Å². The number of nitrogens with one attached hydrogen (secondary N) is 1. The van der Waals surface area contributed by atoms with Gasteiger partial charge in [-0.2, -0.15) is 5.10 Å². The fourth-order valence-electron chi connectivity index (χ4n) is 3.31. The molecular weight excluding hydrogens is 370 g/mol. The lowest BCUT2D eigenvalue weighted by Crippen LogP contribution is -2.20. The maximum absolute atomic E-state index is 13.1. The Balaban J connectivity index is 2.00. The van der Waals surface area contributed by atoms with Crippen LogP contribution in [0.4, 0.5) is 5.69 Å². The largest absolute Gasteiger partial charge is 0.279 e. The third kappa shape index (κ3) is 3.91. The highest BCUT2D eigenvalue weighted by atomic mass is 35.5. The Morgan fingerprint density at radius 3 is 2.46 bits per heavy atom. The quantitative estimate of drug-likeness (QED) is 0.786. The molecule has 0 saturated heterocycles. The Bertz CT molecular complexity index is 907. The molecule has 3 rings (SSSR count). The summed E-state index contributed by atoms with van der Waals surface area (Å²) in [7, 11) is -3.76. The van der Waals surface area contributed by atoms with Gasteiger partial charge in [0, 0.05) is 16.6 Å². The van der Waals surface area contributed by atoms with E-state index in [0.717, 1.165) is 31.2 Å². The molecule has 1 fully saturated rings. The molecule has 1 N–H and O–H groups in total. The van der Waals surface area contributed by atoms with Crippen LogP contribution in [0.3, 0.4) is 0 Å². The number of hydrogen-bond donors (Lipinski definition) is 1. The van der Waals surface area contributed by atoms with Crippen LogP contribution in [0.2, 0.25) is 5.02 Å². The summed E-state index contributed by atoms with van der Waals surface area (Å²) in [5, 5.41) is 5.20. The molecule has 0 amide bonds. The first kappa shape index (κ1) is 19.2. The molecule has 0 radical (unpaired) electrons. The first-order chi connectivity index (χ1) is 12.1. The second-order valence-electron chi connectivity index (χ2n) is 8.08. The summed E-state index contributed by atoms with van der Waals surface area (Å²) in [6.07, 6.45) is 6.11. The summed E-state index contributed by atoms with van der Waals surface area (Å²) in [5.41, 5.74) is 1.57. The van der Waals surface area contributed by atoms with Gasteiger partial charge in [0.15, 0.2) is 0 Å². The second-order valence-corrected chi connectivity index (χ2v) is 10.1. The van der Waals surface area contributed by atoms with E-state index < -0.39 is 10.0 Å². The first-order valence-electron chi connectivity index (χ1n) is 8.96. The van der Waals surface area contributed by atoms with Crippen LogP contribution < -0.4 is 4.72 Å². The minimum absolute atomic E-state index is 0.244. The average molecular weight is 396 g/mol. The van der Waals surface area contributed by atoms with E-state index in [9.17, 15) is 8.42 Å². The molecule has 0 unspecified atom stereocenters. The number of rotatable bonds is 4. The van der Waals surface area contributed by atoms with Crippen LogP contribution in [0.25, 0.3) is 0 Å². The highest BCUT2D eigenvalue weighted by Crippen LogP contribution is 2.34. The number of nitrogens with zero attached hydrogens (tertiary/aromatic N) is 2. The Hall–Kier alpha value is -1.53. The third-order valence-corrected chi connectivity index (χ3v) is 6.61. The molecule has 0 atom stereocenters. The van der Waals surface area contributed by atoms with Gasteiger partial charge in [0.25, 0.3) is 10.0 Å². The molecular formula is C19H26ClN3O2S. The smallest absolute Gasteiger partial charge is 0.265 e. The molecule has 1 aromatic heterocycles. The fraction of sp³-hybridized carbons (Fsp3) is 0.526. The number of aromatic nitrogens is 2. The van der Waals surface area contributed by atoms with Gasteiger partial charge in [-0.05, 0) is 37.5 Å². The average Bonchev–Trinajstić information content (AvgIpc) is 3.18. The summed E-state index contributed by atoms with van der Waals surface area (Å²) < 4.78 is 30.7. The number of anilines is 1. The van der Waals surface area contributed by atoms with E-state index in [0.29, 0.717) is 16.4 Å². The Labute approximate surface area is 160 Å². The third-order valence-electron chi connectivity index (χ3n) is 4.82. The lowest BCUT2D eigenvalue weighted by Gasteiger charge is -2.18. The van der Waals surface area contributed by atoms with Crippen molar-refractivity contribution in [2.75, 3.05) is 4.72 Å². The van der Waals surface area contributed by atoms with E-state index in [-0.39, 0.29) is 16.4 Å². The van der Waals surface area contributed by atoms with Gasteiger partial charge in [0.2, 0.25) is 0 Å². The fourth-order valence-corrected chi connectivity index (χ4v) is 4.89. The molecule has 0 spiro atoms. The minimum Gasteiger partial charge on any atom is -0.279 e. The van der Waals surface area contributed by atoms with Crippen molar-refractivity contribution < 1.29 is 8.42 Å². The van der Waals surface area contributed by atoms with Gasteiger partial charge in [-0.1, -0.05) is 51.3 Å². The highest BCUT2D eigenvalue weighted by molar-refractivity contribution is 7.92. The van der Waals surface area contributed by atoms with Crippen LogP contribution in [0.15, 0.2) is 29.3 Å². The maximum Gasteiger partial charge on any atom is 0.265 e. The van der Waals surface area contributed by atoms with E-state index in [2.05, 4.69) is 9.82 Å². The van der Waals surface area contributed by atoms with Gasteiger partial charge in [0.1, 0.15) is 4.90 Å². The summed E-state index contributed by atoms with van der Waals surface area (Å²) >= 11 is 6.13. The van der Waals surface area contributed by atoms with E-state index in [4.69, 9.17) is 11.6 Å². The number of hydrogen-bond acceptors (Lipinski definition) is 3. The van der Waals surface area contributed by atoms with Gasteiger partial charge in [-0.15, -0.1) is 0 Å². The Kier molecular flexibility index (Phi) is 5.10. The summed E-state index contributed by atoms with van der Waals surface area (Å²) in [6.45, 7) is 7.83. The van der Waals surface area contributed by atoms with Crippen molar-refractivity contribution >= 4 is 27.3 Å². The van der Waals surface area contributed by atoms with E-state index in [1.54, 1.807) is 24.4 Å². The van der Waals surface area contributed by atoms with Crippen molar-refractivity contribution in [2.24, 2.45) is 0 Å². The lowest BCUT2D eigenvalue weighted by molar-refractivity contribution is 0.448. The van der Waals surface area contributed by atoms with Gasteiger partial charge >= 0.3 is 0 Å². The molecule has 2 aromatic rings. The minimum atomic E-state index is -3.76. The van der Waals surface area contributed by atoms with Crippen molar-refractivity contribution in [1.82, 2.24) is 9.78 Å². The monoisotopic (exact) mass is 395 g/mol. The van der Waals surface area contributed by atoms with Crippen molar-refractivity contribution in [1.29, 1.82) is 0 Å². The van der Waals surface area contributed by atoms with Gasteiger partial charge in [0.05, 0.1) is 17.4 Å². The van der Waals surface area contributed by atoms with Gasteiger partial charge in [-0.3, -0.25) is 9.40 Å². The SMILES string of the molecule is Cc1ccc(NS(=O)(=O)c2cn(C3CCCC3)nc2C(C)(C)C)cc1Cl. The second kappa shape index (κ2) is 6.89. The van der Waals surface area contributed by atoms with E-state index >= 15 is 0 Å². The molecule has 1 aliphatic carbocycles. The van der Waals surface area contributed by atoms with Crippen LogP contribution in [0.5, 0.6) is 0 Å². The summed E-state index contributed by atoms with van der Waals surface area (Å²) in [6, 6.07) is 5.44. The summed E-state index contributed by atoms with van der Waals surface area (Å²) in [5.74, 6) is 0. The number of sulfonamides is 1. The normalized spacial score (nSPS) is 16.2. The Morgan fingerprint density at radius 2 is 1.88 bits per heavy atom. The van der Waals surface area contributed by atoms with Crippen LogP contribution in [-0.2, 0) is 15.4 Å². The van der Waals surface area contributed by atoms with Crippen LogP contribution in [0.1, 0.15) is 63.8 Å². The highest BCUT2D eigenvalue weighted by Gasteiger charge is 2.32. The van der Waals surface area contributed by atoms with Crippen molar-refractivity contribution in [3.05, 3.63) is 40.7 Å². The lowest BCUT2D eigenvalue weighted by atomic mass is 9.92. The molecule has 5 nitrogen and oxygen atoms in total. The molecule has 0 aliphatic heterocycles. The predicted molar refractivity (Wildman–Crippen MR) is 105 cm³/mol. The standard InChI is InChI=1S/C19H26ClN3O2S/c1-13-9-10-14(11-16(13)20)22-26(24,25)17-12-23(15-7-5-6-8-15)21-18(17)19(2,3)4/h9-12,15,22H,5-8H2,1-4H3. The van der Waals surface area contributed by atoms with E-state index in [1.807, 2.05) is 32.4 Å². The molecule has 1 aliphatic rings. The molecule has 1 aromatic carbocycles. The van der Waals surface area contributed by atoms with Crippen molar-refractivity contribution in [3.63, 3.8) is 0 Å². The van der Waals surface area contributed by atoms with Crippen molar-refractivity contribution in [2.45, 2.75) is 69.7 Å². The molecule has 7 heteroatoms. The summed E-state index contributed by atoms with van der Waals surface area (Å²) in [4.78, 5) is 0.244. The van der Waals surface area contributed by atoms with Gasteiger partial charge < -0.3 is 0 Å². The van der Waals surface area contributed by atoms with Gasteiger partial charge in [-0.25, -0.2) is 8.42 Å². The van der Waals surface area contributed by atoms with Crippen LogP contribution in [-0.4, -0.2) is 18.2 Å². The zero-order valence-electron chi connectivity index (χ0n) is 15.7. The number of aryl methyl sites for hydroxylation is 1. The van der Waals surface area contributed by atoms with Crippen LogP contribution >= 0.6 is 11.6 Å². The number of benzene rings is 1. The molecule has 1 saturated carbocycles. The molecule has 142 valence electrons. The molecule has 1 heterocycles. The van der Waals surface area contributed by atoms with E-state index in [1.165, 1.54) is 0 Å².